The van der Waals surface area contributed by atoms with Crippen molar-refractivity contribution in [2.24, 2.45) is 0 Å². The quantitative estimate of drug-likeness (QED) is 0.568. The number of hydrogen-bond donors (Lipinski definition) is 0. The van der Waals surface area contributed by atoms with Gasteiger partial charge in [-0.25, -0.2) is 0 Å². The van der Waals surface area contributed by atoms with Crippen LogP contribution in [0, 0.1) is 5.82 Å². The summed E-state index contributed by atoms with van der Waals surface area (Å²) in [7, 11) is 0. The molecule has 0 aliphatic heterocycles. The van der Waals surface area contributed by atoms with Crippen LogP contribution in [0.2, 0.25) is 5.02 Å². The first-order valence-corrected chi connectivity index (χ1v) is 12.8. The monoisotopic (exact) mass is 320 g/mol. The van der Waals surface area contributed by atoms with Crippen LogP contribution in [0.25, 0.3) is 0 Å². The Morgan fingerprint density at radius 2 is 2.17 bits per heavy atom. The van der Waals surface area contributed by atoms with Crippen molar-refractivity contribution in [1.29, 1.82) is 0 Å². The Hall–Kier alpha value is 0.833. The topological polar surface area (TPSA) is 0 Å². The number of alkyl halides is 1. The van der Waals surface area contributed by atoms with Crippen molar-refractivity contribution in [2.45, 2.75) is 3.97 Å². The molecule has 0 aliphatic rings. The molecular formula is C7H4BrCl2FZn. The van der Waals surface area contributed by atoms with Gasteiger partial charge in [-0.3, -0.25) is 0 Å². The predicted octanol–water partition coefficient (Wildman–Crippen LogP) is 4.11. The van der Waals surface area contributed by atoms with Crippen molar-refractivity contribution >= 4 is 36.8 Å². The van der Waals surface area contributed by atoms with Crippen LogP contribution in [0.3, 0.4) is 0 Å². The van der Waals surface area contributed by atoms with Crippen molar-refractivity contribution in [3.8, 4) is 0 Å². The van der Waals surface area contributed by atoms with Gasteiger partial charge in [0.2, 0.25) is 0 Å². The molecule has 1 aromatic rings. The molecule has 0 spiro atoms. The Labute approximate surface area is 94.4 Å². The molecule has 12 heavy (non-hydrogen) atoms. The zero-order chi connectivity index (χ0) is 9.14. The molecule has 0 fully saturated rings. The molecule has 1 atom stereocenters. The predicted molar refractivity (Wildman–Crippen MR) is 48.9 cm³/mol. The summed E-state index contributed by atoms with van der Waals surface area (Å²) >= 11 is 14.1. The zero-order valence-corrected chi connectivity index (χ0v) is 12.1. The first kappa shape index (κ1) is 10.9. The van der Waals surface area contributed by atoms with Gasteiger partial charge in [0.1, 0.15) is 0 Å². The van der Waals surface area contributed by atoms with Crippen LogP contribution in [0.1, 0.15) is 9.53 Å². The summed E-state index contributed by atoms with van der Waals surface area (Å²) in [5.74, 6) is -0.397. The Morgan fingerprint density at radius 1 is 1.50 bits per heavy atom. The molecule has 0 aromatic heterocycles. The Balaban J connectivity index is 2.96. The third-order valence-corrected chi connectivity index (χ3v) is 9.64. The molecule has 0 nitrogen and oxygen atoms in total. The molecule has 0 bridgehead atoms. The molecule has 0 saturated heterocycles. The minimum atomic E-state index is -0.881. The van der Waals surface area contributed by atoms with E-state index in [1.54, 1.807) is 12.1 Å². The molecule has 62 valence electrons. The SMILES string of the molecule is Fc1ccc([CH](Cl)[Zn][Br])cc1Cl. The van der Waals surface area contributed by atoms with Gasteiger partial charge in [-0.2, -0.15) is 0 Å². The van der Waals surface area contributed by atoms with Crippen LogP contribution in [0.5, 0.6) is 0 Å². The summed E-state index contributed by atoms with van der Waals surface area (Å²) in [5.41, 5.74) is 0.903. The molecule has 0 aliphatic carbocycles. The van der Waals surface area contributed by atoms with Crippen LogP contribution in [0.4, 0.5) is 4.39 Å². The second-order valence-electron chi connectivity index (χ2n) is 2.30. The summed E-state index contributed by atoms with van der Waals surface area (Å²) < 4.78 is 12.7. The van der Waals surface area contributed by atoms with Gasteiger partial charge in [0.05, 0.1) is 0 Å². The van der Waals surface area contributed by atoms with Crippen molar-refractivity contribution in [2.75, 3.05) is 0 Å². The Kier molecular flexibility index (Phi) is 4.46. The van der Waals surface area contributed by atoms with E-state index in [1.807, 2.05) is 0 Å². The van der Waals surface area contributed by atoms with Gasteiger partial charge in [0.25, 0.3) is 0 Å². The van der Waals surface area contributed by atoms with Gasteiger partial charge in [-0.15, -0.1) is 0 Å². The van der Waals surface area contributed by atoms with Crippen LogP contribution >= 0.6 is 36.8 Å². The van der Waals surface area contributed by atoms with E-state index in [1.165, 1.54) is 6.07 Å². The number of rotatable bonds is 2. The van der Waals surface area contributed by atoms with Gasteiger partial charge < -0.3 is 0 Å². The first-order chi connectivity index (χ1) is 5.65. The van der Waals surface area contributed by atoms with Crippen LogP contribution in [0.15, 0.2) is 18.2 Å². The van der Waals surface area contributed by atoms with E-state index < -0.39 is 21.0 Å². The van der Waals surface area contributed by atoms with Crippen molar-refractivity contribution in [1.82, 2.24) is 0 Å². The summed E-state index contributed by atoms with van der Waals surface area (Å²) in [6.45, 7) is 0. The van der Waals surface area contributed by atoms with Crippen LogP contribution in [-0.4, -0.2) is 0 Å². The number of halogens is 4. The summed E-state index contributed by atoms with van der Waals surface area (Å²) in [6, 6.07) is 4.60. The molecule has 1 aromatic carbocycles. The fraction of sp³-hybridized carbons (Fsp3) is 0.143. The fourth-order valence-electron chi connectivity index (χ4n) is 0.796. The summed E-state index contributed by atoms with van der Waals surface area (Å²) in [6.07, 6.45) is 0. The second kappa shape index (κ2) is 4.90. The number of benzene rings is 1. The Bertz CT molecular complexity index is 282. The van der Waals surface area contributed by atoms with Crippen molar-refractivity contribution in [3.05, 3.63) is 34.6 Å². The van der Waals surface area contributed by atoms with Crippen LogP contribution < -0.4 is 0 Å². The third kappa shape index (κ3) is 2.66. The molecule has 1 unspecified atom stereocenters. The summed E-state index contributed by atoms with van der Waals surface area (Å²) in [5, 5.41) is 0.140. The van der Waals surface area contributed by atoms with Crippen molar-refractivity contribution in [3.63, 3.8) is 0 Å². The van der Waals surface area contributed by atoms with Gasteiger partial charge in [-0.1, -0.05) is 0 Å². The normalized spacial score (nSPS) is 12.3. The third-order valence-electron chi connectivity index (χ3n) is 1.44. The van der Waals surface area contributed by atoms with Gasteiger partial charge in [0.15, 0.2) is 0 Å². The molecule has 1 rings (SSSR count). The van der Waals surface area contributed by atoms with E-state index in [2.05, 4.69) is 13.6 Å². The molecule has 0 heterocycles. The van der Waals surface area contributed by atoms with Gasteiger partial charge >= 0.3 is 95.0 Å². The Morgan fingerprint density at radius 3 is 2.67 bits per heavy atom. The maximum atomic E-state index is 12.7. The van der Waals surface area contributed by atoms with E-state index in [0.717, 1.165) is 5.56 Å². The van der Waals surface area contributed by atoms with E-state index in [-0.39, 0.29) is 8.99 Å². The molecular weight excluding hydrogens is 319 g/mol. The van der Waals surface area contributed by atoms with Gasteiger partial charge in [0, 0.05) is 0 Å². The average Bonchev–Trinajstić information content (AvgIpc) is 2.08. The first-order valence-electron chi connectivity index (χ1n) is 3.30. The van der Waals surface area contributed by atoms with Gasteiger partial charge in [-0.05, 0) is 0 Å². The molecule has 0 N–H and O–H groups in total. The standard InChI is InChI=1S/C7H4Cl2F.BrH.Zn/c8-4-5-1-2-7(10)6(9)3-5;;/h1-4H;1H;/q;;+1/p-1. The molecule has 0 saturated carbocycles. The van der Waals surface area contributed by atoms with Crippen molar-refractivity contribution < 1.29 is 19.6 Å². The maximum absolute atomic E-state index is 12.7. The van der Waals surface area contributed by atoms with E-state index >= 15 is 0 Å². The molecule has 5 heteroatoms. The zero-order valence-electron chi connectivity index (χ0n) is 6.03. The molecule has 0 radical (unpaired) electrons. The van der Waals surface area contributed by atoms with E-state index in [9.17, 15) is 4.39 Å². The minimum absolute atomic E-state index is 0.0237. The van der Waals surface area contributed by atoms with Crippen LogP contribution in [-0.2, 0) is 15.2 Å². The summed E-state index contributed by atoms with van der Waals surface area (Å²) in [4.78, 5) is 0. The second-order valence-corrected chi connectivity index (χ2v) is 10.0. The fourth-order valence-corrected chi connectivity index (χ4v) is 3.97. The molecule has 0 amide bonds. The number of hydrogen-bond acceptors (Lipinski definition) is 0. The van der Waals surface area contributed by atoms with E-state index in [0.29, 0.717) is 0 Å². The van der Waals surface area contributed by atoms with E-state index in [4.69, 9.17) is 23.2 Å². The average molecular weight is 323 g/mol.